The van der Waals surface area contributed by atoms with Crippen molar-refractivity contribution in [1.29, 1.82) is 0 Å². The van der Waals surface area contributed by atoms with Crippen LogP contribution in [0.4, 0.5) is 0 Å². The van der Waals surface area contributed by atoms with Gasteiger partial charge < -0.3 is 0 Å². The molecule has 0 saturated heterocycles. The summed E-state index contributed by atoms with van der Waals surface area (Å²) < 4.78 is 1.78. The number of pyridine rings is 1. The first-order valence-corrected chi connectivity index (χ1v) is 7.14. The van der Waals surface area contributed by atoms with E-state index in [1.54, 1.807) is 4.52 Å². The van der Waals surface area contributed by atoms with Gasteiger partial charge in [-0.05, 0) is 30.7 Å². The van der Waals surface area contributed by atoms with Gasteiger partial charge in [0, 0.05) is 18.0 Å². The molecule has 0 amide bonds. The molecular weight excluding hydrogens is 272 g/mol. The lowest BCUT2D eigenvalue weighted by molar-refractivity contribution is 0.941. The number of benzene rings is 1. The normalized spacial score (nSPS) is 11.0. The Balaban J connectivity index is 1.91. The Morgan fingerprint density at radius 1 is 0.955 bits per heavy atom. The van der Waals surface area contributed by atoms with Crippen molar-refractivity contribution >= 4 is 5.65 Å². The Hall–Kier alpha value is -3.01. The Morgan fingerprint density at radius 3 is 2.64 bits per heavy atom. The summed E-state index contributed by atoms with van der Waals surface area (Å²) in [6.07, 6.45) is 5.57. The lowest BCUT2D eigenvalue weighted by Gasteiger charge is -2.03. The molecule has 4 nitrogen and oxygen atoms in total. The van der Waals surface area contributed by atoms with E-state index in [0.717, 1.165) is 28.2 Å². The molecule has 3 aromatic heterocycles. The number of hydrogen-bond donors (Lipinski definition) is 0. The second-order valence-electron chi connectivity index (χ2n) is 5.22. The predicted molar refractivity (Wildman–Crippen MR) is 86.4 cm³/mol. The summed E-state index contributed by atoms with van der Waals surface area (Å²) in [5.41, 5.74) is 5.86. The number of aromatic nitrogens is 4. The molecule has 3 heterocycles. The van der Waals surface area contributed by atoms with Gasteiger partial charge in [-0.25, -0.2) is 9.50 Å². The minimum atomic E-state index is 0.819. The van der Waals surface area contributed by atoms with Crippen LogP contribution in [0.3, 0.4) is 0 Å². The number of hydrogen-bond acceptors (Lipinski definition) is 3. The molecule has 4 heteroatoms. The summed E-state index contributed by atoms with van der Waals surface area (Å²) in [7, 11) is 0. The van der Waals surface area contributed by atoms with Crippen LogP contribution in [-0.4, -0.2) is 19.6 Å². The van der Waals surface area contributed by atoms with Gasteiger partial charge in [0.15, 0.2) is 5.65 Å². The second-order valence-corrected chi connectivity index (χ2v) is 5.22. The van der Waals surface area contributed by atoms with Gasteiger partial charge in [-0.15, -0.1) is 0 Å². The van der Waals surface area contributed by atoms with Crippen molar-refractivity contribution in [1.82, 2.24) is 19.6 Å². The minimum Gasteiger partial charge on any atom is -0.256 e. The average Bonchev–Trinajstić information content (AvgIpc) is 2.99. The van der Waals surface area contributed by atoms with Crippen LogP contribution in [0.15, 0.2) is 67.1 Å². The maximum absolute atomic E-state index is 4.77. The van der Waals surface area contributed by atoms with Gasteiger partial charge in [-0.1, -0.05) is 30.3 Å². The monoisotopic (exact) mass is 286 g/mol. The lowest BCUT2D eigenvalue weighted by atomic mass is 10.1. The number of rotatable bonds is 2. The van der Waals surface area contributed by atoms with Crippen molar-refractivity contribution in [3.63, 3.8) is 0 Å². The smallest absolute Gasteiger partial charge is 0.164 e. The molecule has 0 unspecified atom stereocenters. The summed E-state index contributed by atoms with van der Waals surface area (Å²) in [4.78, 5) is 9.21. The van der Waals surface area contributed by atoms with Gasteiger partial charge in [-0.3, -0.25) is 4.98 Å². The van der Waals surface area contributed by atoms with E-state index in [9.17, 15) is 0 Å². The fourth-order valence-corrected chi connectivity index (χ4v) is 2.50. The van der Waals surface area contributed by atoms with E-state index in [4.69, 9.17) is 4.98 Å². The number of nitrogens with zero attached hydrogens (tertiary/aromatic N) is 4. The quantitative estimate of drug-likeness (QED) is 0.563. The van der Waals surface area contributed by atoms with E-state index in [-0.39, 0.29) is 0 Å². The molecule has 22 heavy (non-hydrogen) atoms. The van der Waals surface area contributed by atoms with E-state index in [1.807, 2.05) is 55.0 Å². The van der Waals surface area contributed by atoms with E-state index < -0.39 is 0 Å². The average molecular weight is 286 g/mol. The van der Waals surface area contributed by atoms with Crippen LogP contribution in [0.5, 0.6) is 0 Å². The summed E-state index contributed by atoms with van der Waals surface area (Å²) in [6, 6.07) is 16.2. The fourth-order valence-electron chi connectivity index (χ4n) is 2.50. The molecule has 0 atom stereocenters. The van der Waals surface area contributed by atoms with Gasteiger partial charge in [0.05, 0.1) is 23.1 Å². The van der Waals surface area contributed by atoms with E-state index in [2.05, 4.69) is 29.1 Å². The first-order chi connectivity index (χ1) is 10.8. The molecule has 0 N–H and O–H groups in total. The zero-order valence-electron chi connectivity index (χ0n) is 12.1. The predicted octanol–water partition coefficient (Wildman–Crippen LogP) is 3.77. The third-order valence-corrected chi connectivity index (χ3v) is 3.63. The molecule has 0 fully saturated rings. The third-order valence-electron chi connectivity index (χ3n) is 3.63. The highest BCUT2D eigenvalue weighted by atomic mass is 15.2. The lowest BCUT2D eigenvalue weighted by Crippen LogP contribution is -1.93. The van der Waals surface area contributed by atoms with Gasteiger partial charge in [-0.2, -0.15) is 5.10 Å². The third kappa shape index (κ3) is 2.15. The van der Waals surface area contributed by atoms with Gasteiger partial charge in [0.25, 0.3) is 0 Å². The SMILES string of the molecule is Cc1ccnc(-c2cnn3ccc(-c4ccccc4)nc23)c1. The summed E-state index contributed by atoms with van der Waals surface area (Å²) in [5.74, 6) is 0. The topological polar surface area (TPSA) is 43.1 Å². The van der Waals surface area contributed by atoms with Crippen molar-refractivity contribution in [3.8, 4) is 22.5 Å². The van der Waals surface area contributed by atoms with Gasteiger partial charge in [0.2, 0.25) is 0 Å². The molecule has 106 valence electrons. The maximum Gasteiger partial charge on any atom is 0.164 e. The molecule has 0 bridgehead atoms. The van der Waals surface area contributed by atoms with Crippen molar-refractivity contribution in [2.24, 2.45) is 0 Å². The van der Waals surface area contributed by atoms with Crippen LogP contribution < -0.4 is 0 Å². The highest BCUT2D eigenvalue weighted by Crippen LogP contribution is 2.24. The molecule has 0 aliphatic heterocycles. The molecule has 4 rings (SSSR count). The largest absolute Gasteiger partial charge is 0.256 e. The summed E-state index contributed by atoms with van der Waals surface area (Å²) in [6.45, 7) is 2.06. The molecule has 0 spiro atoms. The van der Waals surface area contributed by atoms with Crippen LogP contribution in [-0.2, 0) is 0 Å². The molecule has 4 aromatic rings. The Morgan fingerprint density at radius 2 is 1.82 bits per heavy atom. The number of fused-ring (bicyclic) bond motifs is 1. The second kappa shape index (κ2) is 5.07. The minimum absolute atomic E-state index is 0.819. The molecule has 0 aliphatic rings. The van der Waals surface area contributed by atoms with Crippen LogP contribution in [0.2, 0.25) is 0 Å². The van der Waals surface area contributed by atoms with E-state index in [1.165, 1.54) is 5.56 Å². The molecule has 0 radical (unpaired) electrons. The zero-order chi connectivity index (χ0) is 14.9. The highest BCUT2D eigenvalue weighted by molar-refractivity contribution is 5.76. The number of aryl methyl sites for hydroxylation is 1. The molecule has 0 aliphatic carbocycles. The van der Waals surface area contributed by atoms with Crippen molar-refractivity contribution in [2.75, 3.05) is 0 Å². The zero-order valence-corrected chi connectivity index (χ0v) is 12.1. The Kier molecular flexibility index (Phi) is 2.93. The first kappa shape index (κ1) is 12.7. The van der Waals surface area contributed by atoms with Gasteiger partial charge >= 0.3 is 0 Å². The summed E-state index contributed by atoms with van der Waals surface area (Å²) in [5, 5.41) is 4.37. The summed E-state index contributed by atoms with van der Waals surface area (Å²) >= 11 is 0. The van der Waals surface area contributed by atoms with Crippen molar-refractivity contribution < 1.29 is 0 Å². The standard InChI is InChI=1S/C18H14N4/c1-13-7-9-19-17(11-13)15-12-20-22-10-8-16(21-18(15)22)14-5-3-2-4-6-14/h2-12H,1H3. The molecule has 0 saturated carbocycles. The van der Waals surface area contributed by atoms with E-state index >= 15 is 0 Å². The van der Waals surface area contributed by atoms with Crippen molar-refractivity contribution in [2.45, 2.75) is 6.92 Å². The molecule has 1 aromatic carbocycles. The van der Waals surface area contributed by atoms with Crippen molar-refractivity contribution in [3.05, 3.63) is 72.7 Å². The van der Waals surface area contributed by atoms with Crippen LogP contribution in [0.1, 0.15) is 5.56 Å². The molecular formula is C18H14N4. The van der Waals surface area contributed by atoms with Gasteiger partial charge in [0.1, 0.15) is 0 Å². The maximum atomic E-state index is 4.77. The van der Waals surface area contributed by atoms with E-state index in [0.29, 0.717) is 0 Å². The van der Waals surface area contributed by atoms with Crippen LogP contribution >= 0.6 is 0 Å². The van der Waals surface area contributed by atoms with Crippen LogP contribution in [0.25, 0.3) is 28.2 Å². The van der Waals surface area contributed by atoms with Crippen LogP contribution in [0, 0.1) is 6.92 Å². The Bertz CT molecular complexity index is 942. The highest BCUT2D eigenvalue weighted by Gasteiger charge is 2.10. The fraction of sp³-hybridized carbons (Fsp3) is 0.0556. The first-order valence-electron chi connectivity index (χ1n) is 7.14. The Labute approximate surface area is 128 Å².